The molecule has 114 valence electrons. The molecule has 3 rings (SSSR count). The second kappa shape index (κ2) is 5.29. The van der Waals surface area contributed by atoms with Crippen LogP contribution in [0.25, 0.3) is 11.0 Å². The van der Waals surface area contributed by atoms with Crippen LogP contribution >= 0.6 is 11.6 Å². The molecular formula is C17H24ClN3. The molecule has 1 heterocycles. The Labute approximate surface area is 131 Å². The Hall–Kier alpha value is -1.06. The van der Waals surface area contributed by atoms with Gasteiger partial charge in [0.1, 0.15) is 5.82 Å². The van der Waals surface area contributed by atoms with Crippen molar-refractivity contribution in [2.75, 3.05) is 0 Å². The molecule has 21 heavy (non-hydrogen) atoms. The Bertz CT molecular complexity index is 661. The van der Waals surface area contributed by atoms with Crippen molar-refractivity contribution in [2.45, 2.75) is 58.0 Å². The fourth-order valence-corrected chi connectivity index (χ4v) is 3.91. The third kappa shape index (κ3) is 2.58. The summed E-state index contributed by atoms with van der Waals surface area (Å²) in [5, 5.41) is 0.727. The lowest BCUT2D eigenvalue weighted by molar-refractivity contribution is 0.220. The minimum absolute atomic E-state index is 0.312. The highest BCUT2D eigenvalue weighted by molar-refractivity contribution is 6.31. The quantitative estimate of drug-likeness (QED) is 0.878. The van der Waals surface area contributed by atoms with Crippen LogP contribution in [-0.4, -0.2) is 9.55 Å². The van der Waals surface area contributed by atoms with Gasteiger partial charge < -0.3 is 10.3 Å². The molecule has 1 aromatic carbocycles. The lowest BCUT2D eigenvalue weighted by Gasteiger charge is -2.37. The number of fused-ring (bicyclic) bond motifs is 1. The highest BCUT2D eigenvalue weighted by Crippen LogP contribution is 2.39. The van der Waals surface area contributed by atoms with E-state index in [0.29, 0.717) is 12.0 Å². The highest BCUT2D eigenvalue weighted by Gasteiger charge is 2.37. The van der Waals surface area contributed by atoms with Gasteiger partial charge in [0, 0.05) is 11.1 Å². The predicted octanol–water partition coefficient (Wildman–Crippen LogP) is 4.63. The van der Waals surface area contributed by atoms with E-state index in [0.717, 1.165) is 34.7 Å². The summed E-state index contributed by atoms with van der Waals surface area (Å²) in [5.41, 5.74) is 8.57. The van der Waals surface area contributed by atoms with Gasteiger partial charge in [0.15, 0.2) is 0 Å². The van der Waals surface area contributed by atoms with E-state index in [9.17, 15) is 0 Å². The SMILES string of the molecule is CC1CCCC(N)(c2nc3cc(Cl)ccc3n2C(C)C)C1. The average molecular weight is 306 g/mol. The lowest BCUT2D eigenvalue weighted by Crippen LogP contribution is -2.43. The molecule has 0 bridgehead atoms. The summed E-state index contributed by atoms with van der Waals surface area (Å²) in [6, 6.07) is 6.27. The first-order valence-electron chi connectivity index (χ1n) is 7.87. The van der Waals surface area contributed by atoms with Crippen LogP contribution in [0.15, 0.2) is 18.2 Å². The second-order valence-corrected chi connectivity index (χ2v) is 7.33. The molecule has 1 aliphatic rings. The van der Waals surface area contributed by atoms with Crippen LogP contribution in [-0.2, 0) is 5.54 Å². The standard InChI is InChI=1S/C17H24ClN3/c1-11(2)21-15-7-6-13(18)9-14(15)20-16(21)17(19)8-4-5-12(3)10-17/h6-7,9,11-12H,4-5,8,10,19H2,1-3H3. The summed E-state index contributed by atoms with van der Waals surface area (Å²) in [4.78, 5) is 4.88. The molecule has 2 unspecified atom stereocenters. The van der Waals surface area contributed by atoms with Crippen molar-refractivity contribution in [3.05, 3.63) is 29.0 Å². The Morgan fingerprint density at radius 3 is 2.86 bits per heavy atom. The number of aromatic nitrogens is 2. The molecule has 0 spiro atoms. The molecule has 4 heteroatoms. The van der Waals surface area contributed by atoms with Crippen LogP contribution in [0, 0.1) is 5.92 Å². The van der Waals surface area contributed by atoms with Crippen LogP contribution in [0.5, 0.6) is 0 Å². The van der Waals surface area contributed by atoms with Gasteiger partial charge in [-0.05, 0) is 50.8 Å². The lowest BCUT2D eigenvalue weighted by atomic mass is 9.76. The fraction of sp³-hybridized carbons (Fsp3) is 0.588. The molecule has 0 aliphatic heterocycles. The largest absolute Gasteiger partial charge is 0.324 e. The maximum atomic E-state index is 6.79. The Morgan fingerprint density at radius 1 is 1.43 bits per heavy atom. The van der Waals surface area contributed by atoms with Gasteiger partial charge in [-0.15, -0.1) is 0 Å². The van der Waals surface area contributed by atoms with Crippen molar-refractivity contribution in [2.24, 2.45) is 11.7 Å². The number of halogens is 1. The number of rotatable bonds is 2. The van der Waals surface area contributed by atoms with Crippen LogP contribution in [0.4, 0.5) is 0 Å². The van der Waals surface area contributed by atoms with E-state index >= 15 is 0 Å². The molecule has 0 saturated heterocycles. The van der Waals surface area contributed by atoms with Gasteiger partial charge in [-0.25, -0.2) is 4.98 Å². The Kier molecular flexibility index (Phi) is 3.74. The molecule has 3 nitrogen and oxygen atoms in total. The normalized spacial score (nSPS) is 26.7. The van der Waals surface area contributed by atoms with E-state index in [4.69, 9.17) is 22.3 Å². The average Bonchev–Trinajstić information content (AvgIpc) is 2.77. The monoisotopic (exact) mass is 305 g/mol. The van der Waals surface area contributed by atoms with E-state index in [1.807, 2.05) is 12.1 Å². The van der Waals surface area contributed by atoms with Crippen molar-refractivity contribution >= 4 is 22.6 Å². The Morgan fingerprint density at radius 2 is 2.19 bits per heavy atom. The van der Waals surface area contributed by atoms with Gasteiger partial charge in [0.25, 0.3) is 0 Å². The number of benzene rings is 1. The molecule has 2 atom stereocenters. The molecule has 1 fully saturated rings. The summed E-state index contributed by atoms with van der Waals surface area (Å²) in [6.45, 7) is 6.67. The molecular weight excluding hydrogens is 282 g/mol. The van der Waals surface area contributed by atoms with E-state index in [2.05, 4.69) is 31.4 Å². The van der Waals surface area contributed by atoms with Crippen molar-refractivity contribution in [1.29, 1.82) is 0 Å². The van der Waals surface area contributed by atoms with Gasteiger partial charge in [-0.1, -0.05) is 31.4 Å². The zero-order valence-corrected chi connectivity index (χ0v) is 13.8. The number of nitrogens with zero attached hydrogens (tertiary/aromatic N) is 2. The first-order valence-corrected chi connectivity index (χ1v) is 8.25. The smallest absolute Gasteiger partial charge is 0.130 e. The van der Waals surface area contributed by atoms with Gasteiger partial charge in [0.2, 0.25) is 0 Å². The molecule has 1 aliphatic carbocycles. The maximum absolute atomic E-state index is 6.79. The van der Waals surface area contributed by atoms with Crippen LogP contribution in [0.3, 0.4) is 0 Å². The maximum Gasteiger partial charge on any atom is 0.130 e. The van der Waals surface area contributed by atoms with E-state index in [1.54, 1.807) is 0 Å². The van der Waals surface area contributed by atoms with Crippen molar-refractivity contribution in [3.63, 3.8) is 0 Å². The Balaban J connectivity index is 2.19. The minimum atomic E-state index is -0.312. The van der Waals surface area contributed by atoms with Crippen LogP contribution in [0.2, 0.25) is 5.02 Å². The van der Waals surface area contributed by atoms with Gasteiger partial charge >= 0.3 is 0 Å². The molecule has 0 radical (unpaired) electrons. The molecule has 0 amide bonds. The third-order valence-electron chi connectivity index (χ3n) is 4.65. The first-order chi connectivity index (χ1) is 9.90. The highest BCUT2D eigenvalue weighted by atomic mass is 35.5. The molecule has 2 N–H and O–H groups in total. The van der Waals surface area contributed by atoms with Crippen LogP contribution < -0.4 is 5.73 Å². The summed E-state index contributed by atoms with van der Waals surface area (Å²) in [7, 11) is 0. The number of hydrogen-bond acceptors (Lipinski definition) is 2. The zero-order valence-electron chi connectivity index (χ0n) is 13.1. The summed E-state index contributed by atoms with van der Waals surface area (Å²) in [6.07, 6.45) is 4.48. The van der Waals surface area contributed by atoms with Crippen LogP contribution in [0.1, 0.15) is 58.3 Å². The number of nitrogens with two attached hydrogens (primary N) is 1. The van der Waals surface area contributed by atoms with E-state index in [1.165, 1.54) is 12.8 Å². The van der Waals surface area contributed by atoms with Gasteiger partial charge in [0.05, 0.1) is 16.6 Å². The van der Waals surface area contributed by atoms with Gasteiger partial charge in [-0.3, -0.25) is 0 Å². The number of hydrogen-bond donors (Lipinski definition) is 1. The minimum Gasteiger partial charge on any atom is -0.324 e. The van der Waals surface area contributed by atoms with Gasteiger partial charge in [-0.2, -0.15) is 0 Å². The van der Waals surface area contributed by atoms with E-state index in [-0.39, 0.29) is 5.54 Å². The summed E-state index contributed by atoms with van der Waals surface area (Å²) >= 11 is 6.12. The molecule has 2 aromatic rings. The third-order valence-corrected chi connectivity index (χ3v) is 4.88. The van der Waals surface area contributed by atoms with Crippen molar-refractivity contribution < 1.29 is 0 Å². The zero-order chi connectivity index (χ0) is 15.2. The first kappa shape index (κ1) is 14.9. The fourth-order valence-electron chi connectivity index (χ4n) is 3.74. The van der Waals surface area contributed by atoms with E-state index < -0.39 is 0 Å². The molecule has 1 aromatic heterocycles. The topological polar surface area (TPSA) is 43.8 Å². The second-order valence-electron chi connectivity index (χ2n) is 6.89. The summed E-state index contributed by atoms with van der Waals surface area (Å²) < 4.78 is 2.30. The predicted molar refractivity (Wildman–Crippen MR) is 88.6 cm³/mol. The number of imidazole rings is 1. The molecule has 1 saturated carbocycles. The summed E-state index contributed by atoms with van der Waals surface area (Å²) in [5.74, 6) is 1.69. The van der Waals surface area contributed by atoms with Crippen molar-refractivity contribution in [3.8, 4) is 0 Å². The van der Waals surface area contributed by atoms with Crippen molar-refractivity contribution in [1.82, 2.24) is 9.55 Å².